The molecule has 0 aliphatic rings. The van der Waals surface area contributed by atoms with E-state index >= 15 is 0 Å². The van der Waals surface area contributed by atoms with Gasteiger partial charge >= 0.3 is 0 Å². The van der Waals surface area contributed by atoms with Crippen molar-refractivity contribution in [1.29, 1.82) is 0 Å². The number of methoxy groups -OCH3 is 1. The smallest absolute Gasteiger partial charge is 0.295 e. The molecule has 0 saturated heterocycles. The molecule has 1 heterocycles. The maximum atomic E-state index is 8.63. The molecule has 0 fully saturated rings. The highest BCUT2D eigenvalue weighted by Crippen LogP contribution is 2.23. The maximum absolute atomic E-state index is 8.63. The summed E-state index contributed by atoms with van der Waals surface area (Å²) < 4.78 is 10.5. The van der Waals surface area contributed by atoms with Gasteiger partial charge in [-0.2, -0.15) is 4.98 Å². The summed E-state index contributed by atoms with van der Waals surface area (Å²) >= 11 is 0. The minimum Gasteiger partial charge on any atom is -0.497 e. The lowest BCUT2D eigenvalue weighted by atomic mass is 10.3. The molecular formula is C10H12N2O3. The van der Waals surface area contributed by atoms with Crippen molar-refractivity contribution < 1.29 is 14.3 Å². The fourth-order valence-electron chi connectivity index (χ4n) is 1.27. The predicted molar refractivity (Wildman–Crippen MR) is 56.1 cm³/mol. The van der Waals surface area contributed by atoms with Crippen LogP contribution >= 0.6 is 0 Å². The van der Waals surface area contributed by atoms with Gasteiger partial charge in [-0.3, -0.25) is 0 Å². The van der Waals surface area contributed by atoms with E-state index in [9.17, 15) is 0 Å². The Kier molecular flexibility index (Phi) is 2.73. The lowest BCUT2D eigenvalue weighted by Gasteiger charge is -1.95. The Labute approximate surface area is 86.7 Å². The molecule has 2 N–H and O–H groups in total. The quantitative estimate of drug-likeness (QED) is 0.791. The van der Waals surface area contributed by atoms with Gasteiger partial charge in [0.25, 0.3) is 6.01 Å². The van der Waals surface area contributed by atoms with Crippen molar-refractivity contribution in [1.82, 2.24) is 4.98 Å². The lowest BCUT2D eigenvalue weighted by Crippen LogP contribution is -2.05. The molecule has 0 aliphatic carbocycles. The number of hydrogen-bond donors (Lipinski definition) is 2. The van der Waals surface area contributed by atoms with Crippen LogP contribution in [-0.2, 0) is 0 Å². The Morgan fingerprint density at radius 2 is 2.40 bits per heavy atom. The summed E-state index contributed by atoms with van der Waals surface area (Å²) in [4.78, 5) is 4.19. The van der Waals surface area contributed by atoms with Crippen LogP contribution in [0.2, 0.25) is 0 Å². The van der Waals surface area contributed by atoms with Gasteiger partial charge in [-0.1, -0.05) is 0 Å². The number of anilines is 1. The van der Waals surface area contributed by atoms with E-state index in [0.29, 0.717) is 18.1 Å². The fraction of sp³-hybridized carbons (Fsp3) is 0.300. The molecule has 15 heavy (non-hydrogen) atoms. The van der Waals surface area contributed by atoms with E-state index in [-0.39, 0.29) is 6.61 Å². The van der Waals surface area contributed by atoms with Crippen molar-refractivity contribution in [3.8, 4) is 5.75 Å². The van der Waals surface area contributed by atoms with Gasteiger partial charge in [0.1, 0.15) is 11.3 Å². The molecule has 2 aromatic rings. The summed E-state index contributed by atoms with van der Waals surface area (Å²) in [6, 6.07) is 5.81. The monoisotopic (exact) mass is 208 g/mol. The maximum Gasteiger partial charge on any atom is 0.295 e. The Hall–Kier alpha value is -1.75. The van der Waals surface area contributed by atoms with Gasteiger partial charge in [0.05, 0.1) is 13.7 Å². The predicted octanol–water partition coefficient (Wildman–Crippen LogP) is 1.24. The minimum absolute atomic E-state index is 0.0437. The zero-order valence-corrected chi connectivity index (χ0v) is 8.36. The molecule has 0 atom stereocenters. The van der Waals surface area contributed by atoms with E-state index in [1.807, 2.05) is 6.07 Å². The number of aromatic nitrogens is 1. The third kappa shape index (κ3) is 2.02. The number of oxazole rings is 1. The highest BCUT2D eigenvalue weighted by Gasteiger charge is 2.05. The molecule has 0 unspecified atom stereocenters. The third-order valence-corrected chi connectivity index (χ3v) is 1.98. The van der Waals surface area contributed by atoms with Crippen LogP contribution < -0.4 is 10.1 Å². The Balaban J connectivity index is 2.29. The van der Waals surface area contributed by atoms with Crippen LogP contribution in [0.4, 0.5) is 6.01 Å². The molecule has 0 aliphatic heterocycles. The van der Waals surface area contributed by atoms with Crippen LogP contribution in [0.5, 0.6) is 5.75 Å². The zero-order valence-electron chi connectivity index (χ0n) is 8.36. The SMILES string of the molecule is COc1ccc2oc(NCCO)nc2c1. The van der Waals surface area contributed by atoms with E-state index in [1.54, 1.807) is 19.2 Å². The fourth-order valence-corrected chi connectivity index (χ4v) is 1.27. The van der Waals surface area contributed by atoms with Crippen LogP contribution in [-0.4, -0.2) is 30.4 Å². The Bertz CT molecular complexity index is 453. The number of benzene rings is 1. The van der Waals surface area contributed by atoms with Gasteiger partial charge < -0.3 is 19.6 Å². The van der Waals surface area contributed by atoms with Crippen molar-refractivity contribution in [2.24, 2.45) is 0 Å². The topological polar surface area (TPSA) is 67.5 Å². The molecule has 1 aromatic heterocycles. The molecule has 0 saturated carbocycles. The van der Waals surface area contributed by atoms with Crippen LogP contribution in [0.15, 0.2) is 22.6 Å². The average molecular weight is 208 g/mol. The van der Waals surface area contributed by atoms with Gasteiger partial charge in [0.2, 0.25) is 0 Å². The number of nitrogens with one attached hydrogen (secondary N) is 1. The second kappa shape index (κ2) is 4.18. The number of ether oxygens (including phenoxy) is 1. The second-order valence-electron chi connectivity index (χ2n) is 3.00. The summed E-state index contributed by atoms with van der Waals surface area (Å²) in [5, 5.41) is 11.5. The first-order valence-corrected chi connectivity index (χ1v) is 4.63. The Morgan fingerprint density at radius 1 is 1.53 bits per heavy atom. The average Bonchev–Trinajstić information content (AvgIpc) is 2.67. The Morgan fingerprint density at radius 3 is 3.13 bits per heavy atom. The molecule has 1 aromatic carbocycles. The van der Waals surface area contributed by atoms with E-state index in [1.165, 1.54) is 0 Å². The summed E-state index contributed by atoms with van der Waals surface area (Å²) in [7, 11) is 1.60. The van der Waals surface area contributed by atoms with E-state index in [0.717, 1.165) is 11.3 Å². The first-order valence-electron chi connectivity index (χ1n) is 4.63. The summed E-state index contributed by atoms with van der Waals surface area (Å²) in [5.74, 6) is 0.740. The van der Waals surface area contributed by atoms with Gasteiger partial charge in [0.15, 0.2) is 5.58 Å². The van der Waals surface area contributed by atoms with Gasteiger partial charge in [-0.25, -0.2) is 0 Å². The number of aliphatic hydroxyl groups excluding tert-OH is 1. The normalized spacial score (nSPS) is 10.5. The molecule has 5 nitrogen and oxygen atoms in total. The van der Waals surface area contributed by atoms with E-state index in [4.69, 9.17) is 14.3 Å². The van der Waals surface area contributed by atoms with Crippen LogP contribution in [0, 0.1) is 0 Å². The van der Waals surface area contributed by atoms with Gasteiger partial charge in [0, 0.05) is 12.6 Å². The molecule has 2 rings (SSSR count). The highest BCUT2D eigenvalue weighted by atomic mass is 16.5. The third-order valence-electron chi connectivity index (χ3n) is 1.98. The molecule has 0 radical (unpaired) electrons. The standard InChI is InChI=1S/C10H12N2O3/c1-14-7-2-3-9-8(6-7)12-10(15-9)11-4-5-13/h2-3,6,13H,4-5H2,1H3,(H,11,12). The minimum atomic E-state index is 0.0437. The zero-order chi connectivity index (χ0) is 10.7. The van der Waals surface area contributed by atoms with Crippen molar-refractivity contribution in [3.05, 3.63) is 18.2 Å². The van der Waals surface area contributed by atoms with E-state index in [2.05, 4.69) is 10.3 Å². The second-order valence-corrected chi connectivity index (χ2v) is 3.00. The lowest BCUT2D eigenvalue weighted by molar-refractivity contribution is 0.310. The van der Waals surface area contributed by atoms with Crippen LogP contribution in [0.25, 0.3) is 11.1 Å². The molecule has 80 valence electrons. The van der Waals surface area contributed by atoms with Crippen molar-refractivity contribution in [2.75, 3.05) is 25.6 Å². The largest absolute Gasteiger partial charge is 0.497 e. The van der Waals surface area contributed by atoms with Crippen LogP contribution in [0.1, 0.15) is 0 Å². The van der Waals surface area contributed by atoms with Gasteiger partial charge in [-0.05, 0) is 12.1 Å². The number of rotatable bonds is 4. The molecular weight excluding hydrogens is 196 g/mol. The first kappa shape index (κ1) is 9.79. The summed E-state index contributed by atoms with van der Waals surface area (Å²) in [6.45, 7) is 0.464. The van der Waals surface area contributed by atoms with Crippen molar-refractivity contribution >= 4 is 17.1 Å². The number of nitrogens with zero attached hydrogens (tertiary/aromatic N) is 1. The van der Waals surface area contributed by atoms with Gasteiger partial charge in [-0.15, -0.1) is 0 Å². The van der Waals surface area contributed by atoms with Crippen LogP contribution in [0.3, 0.4) is 0 Å². The number of aliphatic hydroxyl groups is 1. The number of hydrogen-bond acceptors (Lipinski definition) is 5. The summed E-state index contributed by atoms with van der Waals surface area (Å²) in [6.07, 6.45) is 0. The number of fused-ring (bicyclic) bond motifs is 1. The highest BCUT2D eigenvalue weighted by molar-refractivity contribution is 5.76. The van der Waals surface area contributed by atoms with Crippen molar-refractivity contribution in [2.45, 2.75) is 0 Å². The van der Waals surface area contributed by atoms with E-state index < -0.39 is 0 Å². The molecule has 5 heteroatoms. The first-order chi connectivity index (χ1) is 7.33. The molecule has 0 amide bonds. The summed E-state index contributed by atoms with van der Waals surface area (Å²) in [5.41, 5.74) is 1.42. The molecule has 0 bridgehead atoms. The van der Waals surface area contributed by atoms with Crippen molar-refractivity contribution in [3.63, 3.8) is 0 Å². The molecule has 0 spiro atoms.